The van der Waals surface area contributed by atoms with Crippen LogP contribution in [-0.4, -0.2) is 57.3 Å². The van der Waals surface area contributed by atoms with Gasteiger partial charge in [-0.05, 0) is 12.0 Å². The third-order valence-electron chi connectivity index (χ3n) is 4.23. The third kappa shape index (κ3) is 4.81. The van der Waals surface area contributed by atoms with Gasteiger partial charge >= 0.3 is 0 Å². The van der Waals surface area contributed by atoms with Gasteiger partial charge in [0, 0.05) is 33.1 Å². The number of aryl methyl sites for hydroxylation is 1. The lowest BCUT2D eigenvalue weighted by Crippen LogP contribution is -2.37. The summed E-state index contributed by atoms with van der Waals surface area (Å²) in [6, 6.07) is 11.0. The molecule has 0 fully saturated rings. The van der Waals surface area contributed by atoms with Crippen LogP contribution in [0.1, 0.15) is 28.4 Å². The molecule has 3 aromatic rings. The minimum atomic E-state index is -0.650. The molecule has 1 atom stereocenters. The normalized spacial score (nSPS) is 11.8. The predicted octanol–water partition coefficient (Wildman–Crippen LogP) is 1.05. The highest BCUT2D eigenvalue weighted by Crippen LogP contribution is 2.11. The second-order valence-corrected chi connectivity index (χ2v) is 6.58. The lowest BCUT2D eigenvalue weighted by molar-refractivity contribution is -0.109. The van der Waals surface area contributed by atoms with E-state index >= 15 is 0 Å². The Kier molecular flexibility index (Phi) is 6.15. The van der Waals surface area contributed by atoms with Crippen LogP contribution in [0.15, 0.2) is 42.6 Å². The van der Waals surface area contributed by atoms with Gasteiger partial charge in [0.25, 0.3) is 5.91 Å². The zero-order valence-electron chi connectivity index (χ0n) is 15.9. The van der Waals surface area contributed by atoms with E-state index in [2.05, 4.69) is 25.6 Å². The molecule has 0 spiro atoms. The van der Waals surface area contributed by atoms with Gasteiger partial charge in [0.15, 0.2) is 0 Å². The standard InChI is InChI=1S/C19H23N7O2/c1-25(2)17-8-10-20-26(17)11-9-15(13-27)21-19(28)18-22-16(23-24-18)12-14-6-4-3-5-7-14/h3-8,10,13,15H,9,11-12H2,1-2H3,(H,21,28)(H,22,23,24). The number of aldehydes is 1. The molecule has 0 aliphatic carbocycles. The van der Waals surface area contributed by atoms with Gasteiger partial charge in [0.2, 0.25) is 5.82 Å². The summed E-state index contributed by atoms with van der Waals surface area (Å²) in [5.41, 5.74) is 1.06. The van der Waals surface area contributed by atoms with Crippen molar-refractivity contribution in [1.82, 2.24) is 30.3 Å². The summed E-state index contributed by atoms with van der Waals surface area (Å²) in [6.45, 7) is 0.497. The Bertz CT molecular complexity index is 917. The van der Waals surface area contributed by atoms with Gasteiger partial charge in [-0.15, -0.1) is 5.10 Å². The first-order chi connectivity index (χ1) is 13.6. The minimum Gasteiger partial charge on any atom is -0.363 e. The number of carbonyl (C=O) groups is 2. The first kappa shape index (κ1) is 19.3. The molecule has 2 heterocycles. The average molecular weight is 381 g/mol. The first-order valence-electron chi connectivity index (χ1n) is 8.97. The zero-order valence-corrected chi connectivity index (χ0v) is 15.9. The summed E-state index contributed by atoms with van der Waals surface area (Å²) >= 11 is 0. The molecule has 9 heteroatoms. The van der Waals surface area contributed by atoms with Crippen molar-refractivity contribution < 1.29 is 9.59 Å². The van der Waals surface area contributed by atoms with E-state index in [0.29, 0.717) is 31.5 Å². The molecule has 2 N–H and O–H groups in total. The molecule has 0 saturated heterocycles. The van der Waals surface area contributed by atoms with Crippen LogP contribution in [0, 0.1) is 0 Å². The van der Waals surface area contributed by atoms with Crippen LogP contribution in [-0.2, 0) is 17.8 Å². The highest BCUT2D eigenvalue weighted by Gasteiger charge is 2.18. The van der Waals surface area contributed by atoms with Gasteiger partial charge in [0.1, 0.15) is 17.9 Å². The fraction of sp³-hybridized carbons (Fsp3) is 0.316. The van der Waals surface area contributed by atoms with Crippen LogP contribution in [0.4, 0.5) is 5.82 Å². The SMILES string of the molecule is CN(C)c1ccnn1CCC(C=O)NC(=O)c1n[nH]c(Cc2ccccc2)n1. The van der Waals surface area contributed by atoms with Crippen molar-refractivity contribution in [2.45, 2.75) is 25.4 Å². The van der Waals surface area contributed by atoms with Crippen molar-refractivity contribution in [3.05, 3.63) is 59.8 Å². The Balaban J connectivity index is 1.56. The van der Waals surface area contributed by atoms with Crippen LogP contribution >= 0.6 is 0 Å². The summed E-state index contributed by atoms with van der Waals surface area (Å²) in [5, 5.41) is 13.6. The molecule has 3 rings (SSSR count). The van der Waals surface area contributed by atoms with Crippen molar-refractivity contribution in [1.29, 1.82) is 0 Å². The smallest absolute Gasteiger partial charge is 0.291 e. The minimum absolute atomic E-state index is 0.0193. The summed E-state index contributed by atoms with van der Waals surface area (Å²) in [7, 11) is 3.84. The van der Waals surface area contributed by atoms with Crippen LogP contribution in [0.2, 0.25) is 0 Å². The largest absolute Gasteiger partial charge is 0.363 e. The number of hydrogen-bond donors (Lipinski definition) is 2. The number of aromatic amines is 1. The average Bonchev–Trinajstić information content (AvgIpc) is 3.35. The number of benzene rings is 1. The number of anilines is 1. The van der Waals surface area contributed by atoms with Gasteiger partial charge in [-0.2, -0.15) is 5.10 Å². The summed E-state index contributed by atoms with van der Waals surface area (Å²) in [4.78, 5) is 29.9. The van der Waals surface area contributed by atoms with Crippen LogP contribution in [0.5, 0.6) is 0 Å². The quantitative estimate of drug-likeness (QED) is 0.536. The lowest BCUT2D eigenvalue weighted by Gasteiger charge is -2.16. The first-order valence-corrected chi connectivity index (χ1v) is 8.97. The number of H-pyrrole nitrogens is 1. The molecule has 0 bridgehead atoms. The Labute approximate surface area is 162 Å². The number of hydrogen-bond acceptors (Lipinski definition) is 6. The van der Waals surface area contributed by atoms with Crippen molar-refractivity contribution in [2.24, 2.45) is 0 Å². The Hall–Kier alpha value is -3.49. The Morgan fingerprint density at radius 1 is 1.29 bits per heavy atom. The van der Waals surface area contributed by atoms with E-state index in [4.69, 9.17) is 0 Å². The van der Waals surface area contributed by atoms with Gasteiger partial charge in [-0.3, -0.25) is 9.89 Å². The molecule has 0 aliphatic rings. The molecule has 0 saturated carbocycles. The van der Waals surface area contributed by atoms with Crippen molar-refractivity contribution in [2.75, 3.05) is 19.0 Å². The molecule has 0 radical (unpaired) electrons. The van der Waals surface area contributed by atoms with E-state index in [0.717, 1.165) is 11.4 Å². The van der Waals surface area contributed by atoms with Crippen LogP contribution < -0.4 is 10.2 Å². The second kappa shape index (κ2) is 8.94. The summed E-state index contributed by atoms with van der Waals surface area (Å²) < 4.78 is 1.79. The molecular formula is C19H23N7O2. The maximum atomic E-state index is 12.4. The molecule has 0 aliphatic heterocycles. The molecule has 28 heavy (non-hydrogen) atoms. The molecular weight excluding hydrogens is 358 g/mol. The predicted molar refractivity (Wildman–Crippen MR) is 104 cm³/mol. The highest BCUT2D eigenvalue weighted by atomic mass is 16.2. The Morgan fingerprint density at radius 2 is 2.07 bits per heavy atom. The number of nitrogens with zero attached hydrogens (tertiary/aromatic N) is 5. The molecule has 1 aromatic carbocycles. The van der Waals surface area contributed by atoms with Crippen molar-refractivity contribution in [3.8, 4) is 0 Å². The monoisotopic (exact) mass is 381 g/mol. The fourth-order valence-electron chi connectivity index (χ4n) is 2.81. The molecule has 9 nitrogen and oxygen atoms in total. The highest BCUT2D eigenvalue weighted by molar-refractivity contribution is 5.92. The zero-order chi connectivity index (χ0) is 19.9. The van der Waals surface area contributed by atoms with E-state index in [9.17, 15) is 9.59 Å². The van der Waals surface area contributed by atoms with Gasteiger partial charge < -0.3 is 15.0 Å². The second-order valence-electron chi connectivity index (χ2n) is 6.58. The van der Waals surface area contributed by atoms with Crippen molar-refractivity contribution >= 4 is 18.0 Å². The van der Waals surface area contributed by atoms with E-state index in [1.165, 1.54) is 0 Å². The maximum Gasteiger partial charge on any atom is 0.291 e. The van der Waals surface area contributed by atoms with Crippen LogP contribution in [0.3, 0.4) is 0 Å². The maximum absolute atomic E-state index is 12.4. The van der Waals surface area contributed by atoms with Gasteiger partial charge in [0.05, 0.1) is 12.2 Å². The fourth-order valence-corrected chi connectivity index (χ4v) is 2.81. The van der Waals surface area contributed by atoms with Crippen molar-refractivity contribution in [3.63, 3.8) is 0 Å². The summed E-state index contributed by atoms with van der Waals surface area (Å²) in [5.74, 6) is 1.05. The van der Waals surface area contributed by atoms with E-state index in [1.807, 2.05) is 55.4 Å². The van der Waals surface area contributed by atoms with Crippen LogP contribution in [0.25, 0.3) is 0 Å². The molecule has 146 valence electrons. The molecule has 1 unspecified atom stereocenters. The van der Waals surface area contributed by atoms with E-state index in [1.54, 1.807) is 10.9 Å². The van der Waals surface area contributed by atoms with Gasteiger partial charge in [-0.25, -0.2) is 9.67 Å². The lowest BCUT2D eigenvalue weighted by atomic mass is 10.1. The molecule has 2 aromatic heterocycles. The number of carbonyl (C=O) groups excluding carboxylic acids is 2. The third-order valence-corrected chi connectivity index (χ3v) is 4.23. The topological polar surface area (TPSA) is 109 Å². The summed E-state index contributed by atoms with van der Waals surface area (Å²) in [6.07, 6.45) is 3.38. The Morgan fingerprint density at radius 3 is 2.79 bits per heavy atom. The van der Waals surface area contributed by atoms with Gasteiger partial charge in [-0.1, -0.05) is 30.3 Å². The number of amides is 1. The number of aromatic nitrogens is 5. The number of nitrogens with one attached hydrogen (secondary N) is 2. The molecule has 1 amide bonds. The number of rotatable bonds is 9. The van der Waals surface area contributed by atoms with E-state index < -0.39 is 11.9 Å². The van der Waals surface area contributed by atoms with E-state index in [-0.39, 0.29) is 5.82 Å².